The maximum atomic E-state index is 12.4. The predicted molar refractivity (Wildman–Crippen MR) is 75.8 cm³/mol. The van der Waals surface area contributed by atoms with Crippen molar-refractivity contribution in [2.45, 2.75) is 12.5 Å². The van der Waals surface area contributed by atoms with E-state index in [2.05, 4.69) is 4.98 Å². The van der Waals surface area contributed by atoms with Crippen molar-refractivity contribution in [2.75, 3.05) is 6.54 Å². The molecule has 3 rings (SSSR count). The Balaban J connectivity index is 1.85. The third kappa shape index (κ3) is 2.38. The van der Waals surface area contributed by atoms with Gasteiger partial charge in [0.25, 0.3) is 5.91 Å². The van der Waals surface area contributed by atoms with Crippen LogP contribution in [0.5, 0.6) is 0 Å². The molecule has 1 unspecified atom stereocenters. The van der Waals surface area contributed by atoms with E-state index in [0.717, 1.165) is 5.56 Å². The fraction of sp³-hybridized carbons (Fsp3) is 0.188. The zero-order valence-electron chi connectivity index (χ0n) is 11.3. The van der Waals surface area contributed by atoms with Gasteiger partial charge in [-0.3, -0.25) is 9.78 Å². The van der Waals surface area contributed by atoms with Crippen LogP contribution in [0.1, 0.15) is 27.5 Å². The number of carbonyl (C=O) groups is 2. The van der Waals surface area contributed by atoms with Crippen LogP contribution in [0, 0.1) is 0 Å². The van der Waals surface area contributed by atoms with Crippen molar-refractivity contribution in [1.29, 1.82) is 0 Å². The molecule has 0 saturated heterocycles. The Morgan fingerprint density at radius 3 is 2.62 bits per heavy atom. The van der Waals surface area contributed by atoms with E-state index in [1.807, 2.05) is 12.1 Å². The number of fused-ring (bicyclic) bond motifs is 1. The summed E-state index contributed by atoms with van der Waals surface area (Å²) >= 11 is 0. The van der Waals surface area contributed by atoms with Gasteiger partial charge < -0.3 is 10.0 Å². The highest BCUT2D eigenvalue weighted by atomic mass is 16.4. The second-order valence-corrected chi connectivity index (χ2v) is 4.93. The molecule has 1 aliphatic rings. The van der Waals surface area contributed by atoms with Crippen molar-refractivity contribution in [3.05, 3.63) is 65.5 Å². The zero-order valence-corrected chi connectivity index (χ0v) is 11.3. The van der Waals surface area contributed by atoms with Gasteiger partial charge in [0.2, 0.25) is 0 Å². The van der Waals surface area contributed by atoms with Crippen molar-refractivity contribution < 1.29 is 14.7 Å². The summed E-state index contributed by atoms with van der Waals surface area (Å²) in [4.78, 5) is 29.3. The van der Waals surface area contributed by atoms with Gasteiger partial charge >= 0.3 is 5.97 Å². The lowest BCUT2D eigenvalue weighted by Gasteiger charge is -2.22. The first-order valence-corrected chi connectivity index (χ1v) is 6.70. The normalized spacial score (nSPS) is 16.9. The second kappa shape index (κ2) is 5.36. The molecular weight excluding hydrogens is 268 g/mol. The minimum absolute atomic E-state index is 0.216. The van der Waals surface area contributed by atoms with E-state index < -0.39 is 12.0 Å². The summed E-state index contributed by atoms with van der Waals surface area (Å²) in [6.45, 7) is 0.370. The summed E-state index contributed by atoms with van der Waals surface area (Å²) in [5.74, 6) is -1.21. The molecule has 0 bridgehead atoms. The number of carbonyl (C=O) groups excluding carboxylic acids is 1. The van der Waals surface area contributed by atoms with Crippen LogP contribution in [0.3, 0.4) is 0 Å². The zero-order chi connectivity index (χ0) is 14.8. The van der Waals surface area contributed by atoms with Gasteiger partial charge in [0, 0.05) is 24.5 Å². The van der Waals surface area contributed by atoms with Crippen LogP contribution in [0.4, 0.5) is 0 Å². The van der Waals surface area contributed by atoms with E-state index in [-0.39, 0.29) is 5.91 Å². The van der Waals surface area contributed by atoms with Crippen LogP contribution in [0.25, 0.3) is 0 Å². The summed E-state index contributed by atoms with van der Waals surface area (Å²) in [6.07, 6.45) is 3.97. The van der Waals surface area contributed by atoms with Crippen molar-refractivity contribution in [3.8, 4) is 0 Å². The molecule has 1 amide bonds. The lowest BCUT2D eigenvalue weighted by molar-refractivity contribution is -0.142. The average molecular weight is 282 g/mol. The van der Waals surface area contributed by atoms with E-state index in [1.54, 1.807) is 36.7 Å². The van der Waals surface area contributed by atoms with Crippen LogP contribution in [0.2, 0.25) is 0 Å². The number of aromatic nitrogens is 1. The fourth-order valence-corrected chi connectivity index (χ4v) is 2.67. The smallest absolute Gasteiger partial charge is 0.331 e. The number of pyridine rings is 1. The molecule has 1 aromatic carbocycles. The van der Waals surface area contributed by atoms with Gasteiger partial charge in [0.05, 0.1) is 0 Å². The molecule has 1 aliphatic heterocycles. The number of amides is 1. The standard InChI is InChI=1S/C16H14N2O3/c19-15-13-4-2-1-3-12(13)14(16(20)21)18(15)10-7-11-5-8-17-9-6-11/h1-6,8-9,14H,7,10H2,(H,20,21). The quantitative estimate of drug-likeness (QED) is 0.930. The Morgan fingerprint density at radius 1 is 1.19 bits per heavy atom. The molecule has 0 saturated carbocycles. The molecule has 0 aliphatic carbocycles. The van der Waals surface area contributed by atoms with E-state index in [4.69, 9.17) is 0 Å². The Labute approximate surface area is 121 Å². The molecular formula is C16H14N2O3. The fourth-order valence-electron chi connectivity index (χ4n) is 2.67. The minimum Gasteiger partial charge on any atom is -0.479 e. The first-order valence-electron chi connectivity index (χ1n) is 6.70. The molecule has 0 spiro atoms. The van der Waals surface area contributed by atoms with Crippen molar-refractivity contribution in [3.63, 3.8) is 0 Å². The predicted octanol–water partition coefficient (Wildman–Crippen LogP) is 1.91. The molecule has 106 valence electrons. The highest BCUT2D eigenvalue weighted by molar-refractivity contribution is 6.03. The molecule has 1 N–H and O–H groups in total. The lowest BCUT2D eigenvalue weighted by atomic mass is 10.1. The van der Waals surface area contributed by atoms with E-state index in [0.29, 0.717) is 24.1 Å². The first-order chi connectivity index (χ1) is 10.2. The Kier molecular flexibility index (Phi) is 3.39. The maximum Gasteiger partial charge on any atom is 0.331 e. The van der Waals surface area contributed by atoms with Gasteiger partial charge in [-0.25, -0.2) is 4.79 Å². The van der Waals surface area contributed by atoms with E-state index in [1.165, 1.54) is 4.90 Å². The monoisotopic (exact) mass is 282 g/mol. The summed E-state index contributed by atoms with van der Waals surface area (Å²) in [7, 11) is 0. The number of benzene rings is 1. The number of carboxylic acids is 1. The van der Waals surface area contributed by atoms with E-state index in [9.17, 15) is 14.7 Å². The topological polar surface area (TPSA) is 70.5 Å². The van der Waals surface area contributed by atoms with Gasteiger partial charge in [-0.05, 0) is 35.7 Å². The Morgan fingerprint density at radius 2 is 1.90 bits per heavy atom. The molecule has 21 heavy (non-hydrogen) atoms. The van der Waals surface area contributed by atoms with Crippen molar-refractivity contribution >= 4 is 11.9 Å². The molecule has 5 heteroatoms. The molecule has 1 aromatic heterocycles. The lowest BCUT2D eigenvalue weighted by Crippen LogP contribution is -2.34. The number of nitrogens with zero attached hydrogens (tertiary/aromatic N) is 2. The molecule has 0 fully saturated rings. The first kappa shape index (κ1) is 13.3. The van der Waals surface area contributed by atoms with Crippen molar-refractivity contribution in [2.24, 2.45) is 0 Å². The maximum absolute atomic E-state index is 12.4. The largest absolute Gasteiger partial charge is 0.479 e. The van der Waals surface area contributed by atoms with Crippen LogP contribution in [-0.2, 0) is 11.2 Å². The van der Waals surface area contributed by atoms with Crippen LogP contribution in [0.15, 0.2) is 48.8 Å². The molecule has 0 radical (unpaired) electrons. The number of aliphatic carboxylic acids is 1. The molecule has 2 aromatic rings. The van der Waals surface area contributed by atoms with Crippen LogP contribution >= 0.6 is 0 Å². The van der Waals surface area contributed by atoms with Gasteiger partial charge in [0.15, 0.2) is 6.04 Å². The average Bonchev–Trinajstić information content (AvgIpc) is 2.79. The molecule has 1 atom stereocenters. The number of rotatable bonds is 4. The highest BCUT2D eigenvalue weighted by Crippen LogP contribution is 2.33. The minimum atomic E-state index is -0.997. The summed E-state index contributed by atoms with van der Waals surface area (Å²) in [6, 6.07) is 9.73. The van der Waals surface area contributed by atoms with Gasteiger partial charge in [-0.2, -0.15) is 0 Å². The summed E-state index contributed by atoms with van der Waals surface area (Å²) < 4.78 is 0. The SMILES string of the molecule is O=C(O)C1c2ccccc2C(=O)N1CCc1ccncc1. The van der Waals surface area contributed by atoms with Crippen molar-refractivity contribution in [1.82, 2.24) is 9.88 Å². The third-order valence-electron chi connectivity index (χ3n) is 3.68. The van der Waals surface area contributed by atoms with Crippen LogP contribution < -0.4 is 0 Å². The summed E-state index contributed by atoms with van der Waals surface area (Å²) in [5, 5.41) is 9.44. The van der Waals surface area contributed by atoms with Gasteiger partial charge in [-0.15, -0.1) is 0 Å². The molecule has 2 heterocycles. The number of hydrogen-bond acceptors (Lipinski definition) is 3. The molecule has 5 nitrogen and oxygen atoms in total. The van der Waals surface area contributed by atoms with E-state index >= 15 is 0 Å². The van der Waals surface area contributed by atoms with Crippen LogP contribution in [-0.4, -0.2) is 33.4 Å². The Bertz CT molecular complexity index is 685. The van der Waals surface area contributed by atoms with Gasteiger partial charge in [0.1, 0.15) is 0 Å². The van der Waals surface area contributed by atoms with Gasteiger partial charge in [-0.1, -0.05) is 18.2 Å². The second-order valence-electron chi connectivity index (χ2n) is 4.93. The number of carboxylic acid groups (broad SMARTS) is 1. The summed E-state index contributed by atoms with van der Waals surface area (Å²) in [5.41, 5.74) is 2.09. The third-order valence-corrected chi connectivity index (χ3v) is 3.68. The Hall–Kier alpha value is -2.69. The highest BCUT2D eigenvalue weighted by Gasteiger charge is 2.40. The number of hydrogen-bond donors (Lipinski definition) is 1.